The van der Waals surface area contributed by atoms with Crippen LogP contribution in [-0.4, -0.2) is 97.6 Å². The topological polar surface area (TPSA) is 74.6 Å². The molecule has 0 unspecified atom stereocenters. The van der Waals surface area contributed by atoms with E-state index in [0.717, 1.165) is 0 Å². The van der Waals surface area contributed by atoms with Gasteiger partial charge < -0.3 is 15.9 Å². The van der Waals surface area contributed by atoms with Crippen LogP contribution in [0.5, 0.6) is 0 Å². The minimum atomic E-state index is -1.23. The molecular weight excluding hydrogens is 240 g/mol. The number of rotatable bonds is 2. The molecule has 0 saturated heterocycles. The van der Waals surface area contributed by atoms with Crippen LogP contribution >= 0.6 is 0 Å². The van der Waals surface area contributed by atoms with E-state index in [0.29, 0.717) is 0 Å². The number of benzene rings is 1. The molecule has 1 aromatic carbocycles. The Bertz CT molecular complexity index is 319. The summed E-state index contributed by atoms with van der Waals surface area (Å²) < 4.78 is 0. The van der Waals surface area contributed by atoms with Crippen molar-refractivity contribution < 1.29 is 25.5 Å². The zero-order chi connectivity index (χ0) is 9.14. The Morgan fingerprint density at radius 2 is 1.21 bits per heavy atom. The summed E-state index contributed by atoms with van der Waals surface area (Å²) in [6, 6.07) is 5.48. The van der Waals surface area contributed by atoms with Gasteiger partial charge in [-0.25, -0.2) is 9.59 Å². The van der Waals surface area contributed by atoms with E-state index in [1.165, 1.54) is 24.3 Å². The van der Waals surface area contributed by atoms with E-state index in [-0.39, 0.29) is 92.3 Å². The first-order valence-electron chi connectivity index (χ1n) is 3.18. The minimum Gasteiger partial charge on any atom is -1.00 e. The molecule has 0 radical (unpaired) electrons. The Morgan fingerprint density at radius 3 is 1.43 bits per heavy atom. The molecule has 0 aromatic heterocycles. The van der Waals surface area contributed by atoms with Crippen molar-refractivity contribution in [3.63, 3.8) is 0 Å². The van der Waals surface area contributed by atoms with Crippen LogP contribution in [0.25, 0.3) is 0 Å². The Kier molecular flexibility index (Phi) is 9.65. The van der Waals surface area contributed by atoms with Crippen molar-refractivity contribution in [1.82, 2.24) is 0 Å². The molecule has 4 nitrogen and oxygen atoms in total. The van der Waals surface area contributed by atoms with Crippen LogP contribution < -0.4 is 0 Å². The summed E-state index contributed by atoms with van der Waals surface area (Å²) in [4.78, 5) is 20.9. The van der Waals surface area contributed by atoms with E-state index in [1.54, 1.807) is 0 Å². The van der Waals surface area contributed by atoms with Crippen molar-refractivity contribution in [3.05, 3.63) is 35.4 Å². The minimum absolute atomic E-state index is 0. The van der Waals surface area contributed by atoms with Crippen molar-refractivity contribution >= 4 is 87.4 Å². The molecule has 0 spiro atoms. The molecule has 0 bridgehead atoms. The third-order valence-electron chi connectivity index (χ3n) is 1.39. The molecule has 0 amide bonds. The van der Waals surface area contributed by atoms with Crippen LogP contribution in [0.2, 0.25) is 0 Å². The second-order valence-corrected chi connectivity index (χ2v) is 2.16. The molecule has 1 rings (SSSR count). The molecule has 6 heteroatoms. The van der Waals surface area contributed by atoms with E-state index < -0.39 is 11.9 Å². The molecule has 0 aliphatic heterocycles. The fourth-order valence-electron chi connectivity index (χ4n) is 0.856. The fourth-order valence-corrected chi connectivity index (χ4v) is 0.856. The summed E-state index contributed by atoms with van der Waals surface area (Å²) in [7, 11) is 0. The number of hydrogen-bond acceptors (Lipinski definition) is 2. The second kappa shape index (κ2) is 7.91. The Morgan fingerprint density at radius 1 is 0.929 bits per heavy atom. The summed E-state index contributed by atoms with van der Waals surface area (Å²) >= 11 is 0. The zero-order valence-electron chi connectivity index (χ0n) is 11.4. The van der Waals surface area contributed by atoms with E-state index in [4.69, 9.17) is 10.2 Å². The van der Waals surface area contributed by atoms with Gasteiger partial charge in [-0.15, -0.1) is 0 Å². The van der Waals surface area contributed by atoms with Crippen LogP contribution in [0.15, 0.2) is 24.3 Å². The van der Waals surface area contributed by atoms with Gasteiger partial charge in [0.2, 0.25) is 0 Å². The van der Waals surface area contributed by atoms with Gasteiger partial charge in [0.25, 0.3) is 0 Å². The Balaban J connectivity index is -0.0000000600. The van der Waals surface area contributed by atoms with Crippen LogP contribution in [0.4, 0.5) is 0 Å². The van der Waals surface area contributed by atoms with E-state index in [1.807, 2.05) is 0 Å². The summed E-state index contributed by atoms with van der Waals surface area (Å²) in [5.74, 6) is -2.46. The SMILES string of the molecule is O=C(O)c1ccccc1C(=O)O.[Ca+2].[Ca+2].[H-].[H-].[H-].[H-]. The first-order valence-corrected chi connectivity index (χ1v) is 3.18. The maximum absolute atomic E-state index is 10.5. The number of carbonyl (C=O) groups is 2. The molecule has 0 heterocycles. The molecule has 2 N–H and O–H groups in total. The van der Waals surface area contributed by atoms with Crippen LogP contribution in [0, 0.1) is 0 Å². The molecule has 0 fully saturated rings. The number of hydrogen-bond donors (Lipinski definition) is 2. The van der Waals surface area contributed by atoms with E-state index >= 15 is 0 Å². The van der Waals surface area contributed by atoms with Gasteiger partial charge in [-0.05, 0) is 12.1 Å². The van der Waals surface area contributed by atoms with Crippen molar-refractivity contribution in [3.8, 4) is 0 Å². The Hall–Kier alpha value is 0.679. The monoisotopic (exact) mass is 250 g/mol. The van der Waals surface area contributed by atoms with Gasteiger partial charge in [0.15, 0.2) is 0 Å². The summed E-state index contributed by atoms with van der Waals surface area (Å²) in [6.45, 7) is 0. The smallest absolute Gasteiger partial charge is 1.00 e. The van der Waals surface area contributed by atoms with Gasteiger partial charge in [0.05, 0.1) is 11.1 Å². The van der Waals surface area contributed by atoms with Gasteiger partial charge in [-0.3, -0.25) is 0 Å². The van der Waals surface area contributed by atoms with Gasteiger partial charge >= 0.3 is 87.4 Å². The van der Waals surface area contributed by atoms with E-state index in [9.17, 15) is 9.59 Å². The molecule has 1 aromatic rings. The van der Waals surface area contributed by atoms with Crippen molar-refractivity contribution in [1.29, 1.82) is 0 Å². The summed E-state index contributed by atoms with van der Waals surface area (Å²) in [5.41, 5.74) is -0.380. The molecule has 70 valence electrons. The normalized spacial score (nSPS) is 8.00. The van der Waals surface area contributed by atoms with Gasteiger partial charge in [0.1, 0.15) is 0 Å². The summed E-state index contributed by atoms with van der Waals surface area (Å²) in [5, 5.41) is 17.1. The standard InChI is InChI=1S/C8H6O4.2Ca.4H/c9-7(10)5-3-1-2-4-6(5)8(11)12;;;;;;/h1-4H,(H,9,10)(H,11,12);;;;;;/q;2*+2;4*-1. The Labute approximate surface area is 146 Å². The maximum Gasteiger partial charge on any atom is 2.00 e. The predicted octanol–water partition coefficient (Wildman–Crippen LogP) is 0.771. The summed E-state index contributed by atoms with van der Waals surface area (Å²) in [6.07, 6.45) is 0. The fraction of sp³-hybridized carbons (Fsp3) is 0. The zero-order valence-corrected chi connectivity index (χ0v) is 11.9. The first kappa shape index (κ1) is 17.1. The number of carboxylic acid groups (broad SMARTS) is 2. The average molecular weight is 250 g/mol. The maximum atomic E-state index is 10.5. The average Bonchev–Trinajstić information content (AvgIpc) is 2.04. The largest absolute Gasteiger partial charge is 2.00 e. The second-order valence-electron chi connectivity index (χ2n) is 2.16. The number of carboxylic acids is 2. The molecule has 0 saturated carbocycles. The predicted molar refractivity (Wildman–Crippen MR) is 56.3 cm³/mol. The third kappa shape index (κ3) is 4.47. The van der Waals surface area contributed by atoms with Crippen LogP contribution in [0.1, 0.15) is 26.4 Å². The number of aromatic carboxylic acids is 2. The van der Waals surface area contributed by atoms with Gasteiger partial charge in [-0.2, -0.15) is 0 Å². The molecule has 0 atom stereocenters. The van der Waals surface area contributed by atoms with E-state index in [2.05, 4.69) is 0 Å². The van der Waals surface area contributed by atoms with Crippen LogP contribution in [0.3, 0.4) is 0 Å². The third-order valence-corrected chi connectivity index (χ3v) is 1.39. The molecule has 14 heavy (non-hydrogen) atoms. The van der Waals surface area contributed by atoms with Gasteiger partial charge in [0, 0.05) is 0 Å². The van der Waals surface area contributed by atoms with Gasteiger partial charge in [-0.1, -0.05) is 12.1 Å². The van der Waals surface area contributed by atoms with Crippen molar-refractivity contribution in [2.45, 2.75) is 0 Å². The van der Waals surface area contributed by atoms with Crippen molar-refractivity contribution in [2.75, 3.05) is 0 Å². The molecular formula is C8H10Ca2O4. The van der Waals surface area contributed by atoms with Crippen LogP contribution in [-0.2, 0) is 0 Å². The first-order chi connectivity index (χ1) is 5.63. The quantitative estimate of drug-likeness (QED) is 0.760. The molecule has 0 aliphatic rings. The van der Waals surface area contributed by atoms with Crippen molar-refractivity contribution in [2.24, 2.45) is 0 Å². The molecule has 0 aliphatic carbocycles.